The van der Waals surface area contributed by atoms with E-state index in [2.05, 4.69) is 46.1 Å². The molecular weight excluding hydrogens is 300 g/mol. The van der Waals surface area contributed by atoms with Crippen LogP contribution in [0.4, 0.5) is 4.79 Å². The van der Waals surface area contributed by atoms with Crippen LogP contribution in [0.1, 0.15) is 24.2 Å². The van der Waals surface area contributed by atoms with Crippen LogP contribution in [0.3, 0.4) is 0 Å². The number of nitrogens with zero attached hydrogens (tertiary/aromatic N) is 2. The maximum absolute atomic E-state index is 12.1. The lowest BCUT2D eigenvalue weighted by atomic mass is 10.0. The molecule has 1 aromatic heterocycles. The molecule has 0 bridgehead atoms. The van der Waals surface area contributed by atoms with Crippen molar-refractivity contribution in [2.45, 2.75) is 19.4 Å². The molecule has 2 amide bonds. The normalized spacial score (nSPS) is 12.1. The first-order valence-electron chi connectivity index (χ1n) is 8.13. The van der Waals surface area contributed by atoms with Crippen LogP contribution in [0.5, 0.6) is 0 Å². The molecule has 24 heavy (non-hydrogen) atoms. The highest BCUT2D eigenvalue weighted by Crippen LogP contribution is 2.20. The molecule has 0 radical (unpaired) electrons. The van der Waals surface area contributed by atoms with E-state index in [1.54, 1.807) is 6.20 Å². The largest absolute Gasteiger partial charge is 0.338 e. The van der Waals surface area contributed by atoms with Gasteiger partial charge >= 0.3 is 6.03 Å². The van der Waals surface area contributed by atoms with E-state index in [0.717, 1.165) is 17.7 Å². The van der Waals surface area contributed by atoms with Crippen LogP contribution >= 0.6 is 0 Å². The summed E-state index contributed by atoms with van der Waals surface area (Å²) in [5.41, 5.74) is 2.19. The van der Waals surface area contributed by atoms with Gasteiger partial charge in [0.15, 0.2) is 0 Å². The molecule has 2 aromatic carbocycles. The van der Waals surface area contributed by atoms with Gasteiger partial charge in [-0.2, -0.15) is 5.10 Å². The van der Waals surface area contributed by atoms with Crippen molar-refractivity contribution < 1.29 is 4.79 Å². The molecular formula is C19H22N4O. The second kappa shape index (κ2) is 7.17. The van der Waals surface area contributed by atoms with Crippen molar-refractivity contribution in [3.05, 3.63) is 66.0 Å². The Morgan fingerprint density at radius 1 is 1.17 bits per heavy atom. The fourth-order valence-electron chi connectivity index (χ4n) is 2.76. The molecule has 1 heterocycles. The highest BCUT2D eigenvalue weighted by atomic mass is 16.2. The van der Waals surface area contributed by atoms with Crippen molar-refractivity contribution in [2.75, 3.05) is 6.54 Å². The Hall–Kier alpha value is -2.82. The van der Waals surface area contributed by atoms with Gasteiger partial charge in [0.1, 0.15) is 0 Å². The molecule has 0 fully saturated rings. The number of carbonyl (C=O) groups excluding carboxylic acids is 1. The summed E-state index contributed by atoms with van der Waals surface area (Å²) in [5, 5.41) is 12.4. The topological polar surface area (TPSA) is 59.0 Å². The molecule has 2 N–H and O–H groups in total. The number of aryl methyl sites for hydroxylation is 1. The van der Waals surface area contributed by atoms with E-state index >= 15 is 0 Å². The monoisotopic (exact) mass is 322 g/mol. The average Bonchev–Trinajstić information content (AvgIpc) is 2.99. The Balaban J connectivity index is 1.54. The summed E-state index contributed by atoms with van der Waals surface area (Å²) >= 11 is 0. The summed E-state index contributed by atoms with van der Waals surface area (Å²) < 4.78 is 1.82. The Bertz CT molecular complexity index is 840. The predicted molar refractivity (Wildman–Crippen MR) is 95.8 cm³/mol. The summed E-state index contributed by atoms with van der Waals surface area (Å²) in [5.74, 6) is 0. The Morgan fingerprint density at radius 3 is 2.71 bits per heavy atom. The number of hydrogen-bond donors (Lipinski definition) is 2. The third kappa shape index (κ3) is 3.74. The second-order valence-electron chi connectivity index (χ2n) is 5.92. The van der Waals surface area contributed by atoms with Crippen LogP contribution in [0, 0.1) is 0 Å². The minimum atomic E-state index is -0.155. The third-order valence-corrected chi connectivity index (χ3v) is 4.21. The number of nitrogens with one attached hydrogen (secondary N) is 2. The van der Waals surface area contributed by atoms with Gasteiger partial charge in [-0.3, -0.25) is 4.68 Å². The van der Waals surface area contributed by atoms with Crippen LogP contribution in [-0.2, 0) is 13.5 Å². The summed E-state index contributed by atoms with van der Waals surface area (Å²) in [6.45, 7) is 2.57. The van der Waals surface area contributed by atoms with E-state index in [1.807, 2.05) is 36.9 Å². The second-order valence-corrected chi connectivity index (χ2v) is 5.92. The number of amides is 2. The third-order valence-electron chi connectivity index (χ3n) is 4.21. The SMILES string of the molecule is C[C@@H](NC(=O)NCCc1ccnn1C)c1ccc2ccccc2c1. The molecule has 124 valence electrons. The van der Waals surface area contributed by atoms with Gasteiger partial charge in [0.05, 0.1) is 6.04 Å². The minimum Gasteiger partial charge on any atom is -0.338 e. The van der Waals surface area contributed by atoms with Gasteiger partial charge in [-0.05, 0) is 35.4 Å². The molecule has 5 nitrogen and oxygen atoms in total. The number of benzene rings is 2. The van der Waals surface area contributed by atoms with Crippen molar-refractivity contribution in [1.29, 1.82) is 0 Å². The molecule has 0 aliphatic heterocycles. The first kappa shape index (κ1) is 16.1. The molecule has 0 spiro atoms. The highest BCUT2D eigenvalue weighted by molar-refractivity contribution is 5.83. The maximum Gasteiger partial charge on any atom is 0.315 e. The van der Waals surface area contributed by atoms with Crippen molar-refractivity contribution in [2.24, 2.45) is 7.05 Å². The van der Waals surface area contributed by atoms with Gasteiger partial charge in [0, 0.05) is 31.9 Å². The lowest BCUT2D eigenvalue weighted by Crippen LogP contribution is -2.38. The first-order valence-corrected chi connectivity index (χ1v) is 8.13. The highest BCUT2D eigenvalue weighted by Gasteiger charge is 2.10. The molecule has 0 saturated carbocycles. The molecule has 0 unspecified atom stereocenters. The lowest BCUT2D eigenvalue weighted by molar-refractivity contribution is 0.238. The van der Waals surface area contributed by atoms with Gasteiger partial charge in [-0.1, -0.05) is 36.4 Å². The minimum absolute atomic E-state index is 0.0497. The maximum atomic E-state index is 12.1. The van der Waals surface area contributed by atoms with Crippen LogP contribution in [0.15, 0.2) is 54.7 Å². The van der Waals surface area contributed by atoms with E-state index in [-0.39, 0.29) is 12.1 Å². The smallest absolute Gasteiger partial charge is 0.315 e. The molecule has 3 rings (SSSR count). The van der Waals surface area contributed by atoms with Crippen molar-refractivity contribution in [3.8, 4) is 0 Å². The van der Waals surface area contributed by atoms with E-state index in [9.17, 15) is 4.79 Å². The molecule has 3 aromatic rings. The van der Waals surface area contributed by atoms with Gasteiger partial charge in [-0.15, -0.1) is 0 Å². The number of carbonyl (C=O) groups is 1. The first-order chi connectivity index (χ1) is 11.6. The number of hydrogen-bond acceptors (Lipinski definition) is 2. The summed E-state index contributed by atoms with van der Waals surface area (Å²) in [6.07, 6.45) is 2.52. The number of urea groups is 1. The van der Waals surface area contributed by atoms with Crippen molar-refractivity contribution in [1.82, 2.24) is 20.4 Å². The molecule has 5 heteroatoms. The van der Waals surface area contributed by atoms with Gasteiger partial charge in [0.25, 0.3) is 0 Å². The number of fused-ring (bicyclic) bond motifs is 1. The average molecular weight is 322 g/mol. The standard InChI is InChI=1S/C19H22N4O/c1-14(16-8-7-15-5-3-4-6-17(15)13-16)22-19(24)20-11-9-18-10-12-21-23(18)2/h3-8,10,12-14H,9,11H2,1-2H3,(H2,20,22,24)/t14-/m1/s1. The van der Waals surface area contributed by atoms with E-state index in [4.69, 9.17) is 0 Å². The van der Waals surface area contributed by atoms with Gasteiger partial charge < -0.3 is 10.6 Å². The van der Waals surface area contributed by atoms with E-state index in [1.165, 1.54) is 10.8 Å². The van der Waals surface area contributed by atoms with E-state index in [0.29, 0.717) is 6.54 Å². The Labute approximate surface area is 141 Å². The van der Waals surface area contributed by atoms with Gasteiger partial charge in [-0.25, -0.2) is 4.79 Å². The summed E-state index contributed by atoms with van der Waals surface area (Å²) in [7, 11) is 1.90. The quantitative estimate of drug-likeness (QED) is 0.758. The summed E-state index contributed by atoms with van der Waals surface area (Å²) in [6, 6.07) is 16.2. The zero-order valence-electron chi connectivity index (χ0n) is 14.0. The fraction of sp³-hybridized carbons (Fsp3) is 0.263. The fourth-order valence-corrected chi connectivity index (χ4v) is 2.76. The Kier molecular flexibility index (Phi) is 4.79. The van der Waals surface area contributed by atoms with Crippen molar-refractivity contribution in [3.63, 3.8) is 0 Å². The molecule has 1 atom stereocenters. The lowest BCUT2D eigenvalue weighted by Gasteiger charge is -2.16. The van der Waals surface area contributed by atoms with E-state index < -0.39 is 0 Å². The van der Waals surface area contributed by atoms with Crippen LogP contribution in [0.25, 0.3) is 10.8 Å². The molecule has 0 aliphatic rings. The summed E-state index contributed by atoms with van der Waals surface area (Å²) in [4.78, 5) is 12.1. The van der Waals surface area contributed by atoms with Gasteiger partial charge in [0.2, 0.25) is 0 Å². The van der Waals surface area contributed by atoms with Crippen LogP contribution < -0.4 is 10.6 Å². The molecule has 0 saturated heterocycles. The predicted octanol–water partition coefficient (Wildman–Crippen LogP) is 3.18. The zero-order valence-corrected chi connectivity index (χ0v) is 14.0. The number of aromatic nitrogens is 2. The Morgan fingerprint density at radius 2 is 1.96 bits per heavy atom. The van der Waals surface area contributed by atoms with Crippen LogP contribution in [-0.4, -0.2) is 22.4 Å². The van der Waals surface area contributed by atoms with Crippen LogP contribution in [0.2, 0.25) is 0 Å². The molecule has 0 aliphatic carbocycles. The van der Waals surface area contributed by atoms with Crippen molar-refractivity contribution >= 4 is 16.8 Å². The zero-order chi connectivity index (χ0) is 16.9. The number of rotatable bonds is 5.